The fourth-order valence-corrected chi connectivity index (χ4v) is 5.45. The highest BCUT2D eigenvalue weighted by Gasteiger charge is 2.50. The zero-order valence-corrected chi connectivity index (χ0v) is 12.3. The SMILES string of the molecule is O=C(O)Cc1ccc(NC23CC4CC(CC(C4)C2)C3)cc1. The van der Waals surface area contributed by atoms with E-state index in [4.69, 9.17) is 5.11 Å². The number of carbonyl (C=O) groups is 1. The van der Waals surface area contributed by atoms with Gasteiger partial charge in [-0.1, -0.05) is 12.1 Å². The molecule has 0 heterocycles. The van der Waals surface area contributed by atoms with Crippen LogP contribution in [0.1, 0.15) is 44.1 Å². The molecule has 0 amide bonds. The van der Waals surface area contributed by atoms with Crippen LogP contribution in [0.5, 0.6) is 0 Å². The lowest BCUT2D eigenvalue weighted by atomic mass is 9.53. The summed E-state index contributed by atoms with van der Waals surface area (Å²) < 4.78 is 0. The van der Waals surface area contributed by atoms with Gasteiger partial charge in [0.05, 0.1) is 6.42 Å². The summed E-state index contributed by atoms with van der Waals surface area (Å²) in [6.07, 6.45) is 8.47. The molecule has 21 heavy (non-hydrogen) atoms. The number of hydrogen-bond donors (Lipinski definition) is 2. The Morgan fingerprint density at radius 3 is 2.05 bits per heavy atom. The van der Waals surface area contributed by atoms with Crippen LogP contribution in [0.3, 0.4) is 0 Å². The maximum absolute atomic E-state index is 10.7. The minimum atomic E-state index is -0.767. The van der Waals surface area contributed by atoms with E-state index in [1.54, 1.807) is 0 Å². The third-order valence-corrected chi connectivity index (χ3v) is 5.76. The summed E-state index contributed by atoms with van der Waals surface area (Å²) >= 11 is 0. The molecular weight excluding hydrogens is 262 g/mol. The van der Waals surface area contributed by atoms with Gasteiger partial charge < -0.3 is 10.4 Å². The van der Waals surface area contributed by atoms with Gasteiger partial charge in [0, 0.05) is 11.2 Å². The molecule has 0 saturated heterocycles. The van der Waals surface area contributed by atoms with Crippen LogP contribution in [0, 0.1) is 17.8 Å². The second kappa shape index (κ2) is 4.75. The summed E-state index contributed by atoms with van der Waals surface area (Å²) in [5.74, 6) is 2.05. The molecule has 3 heteroatoms. The summed E-state index contributed by atoms with van der Waals surface area (Å²) in [4.78, 5) is 10.7. The van der Waals surface area contributed by atoms with Crippen molar-refractivity contribution in [2.45, 2.75) is 50.5 Å². The molecule has 2 N–H and O–H groups in total. The van der Waals surface area contributed by atoms with Gasteiger partial charge in [0.15, 0.2) is 0 Å². The summed E-state index contributed by atoms with van der Waals surface area (Å²) in [6.45, 7) is 0. The lowest BCUT2D eigenvalue weighted by Gasteiger charge is -2.57. The molecule has 4 aliphatic carbocycles. The number of benzene rings is 1. The van der Waals surface area contributed by atoms with E-state index in [1.165, 1.54) is 38.5 Å². The van der Waals surface area contributed by atoms with Crippen LogP contribution in [0.2, 0.25) is 0 Å². The highest BCUT2D eigenvalue weighted by Crippen LogP contribution is 2.56. The number of anilines is 1. The van der Waals surface area contributed by atoms with Crippen molar-refractivity contribution in [3.8, 4) is 0 Å². The molecule has 3 nitrogen and oxygen atoms in total. The molecule has 4 fully saturated rings. The molecule has 0 aliphatic heterocycles. The number of rotatable bonds is 4. The summed E-state index contributed by atoms with van der Waals surface area (Å²) in [5, 5.41) is 12.7. The number of carboxylic acid groups (broad SMARTS) is 1. The van der Waals surface area contributed by atoms with Crippen LogP contribution >= 0.6 is 0 Å². The van der Waals surface area contributed by atoms with Crippen molar-refractivity contribution >= 4 is 11.7 Å². The standard InChI is InChI=1S/C18H23NO2/c20-17(21)8-12-1-3-16(4-2-12)19-18-9-13-5-14(10-18)7-15(6-13)11-18/h1-4,13-15,19H,5-11H2,(H,20,21). The van der Waals surface area contributed by atoms with Crippen LogP contribution in [-0.2, 0) is 11.2 Å². The maximum atomic E-state index is 10.7. The quantitative estimate of drug-likeness (QED) is 0.887. The lowest BCUT2D eigenvalue weighted by Crippen LogP contribution is -2.54. The lowest BCUT2D eigenvalue weighted by molar-refractivity contribution is -0.136. The molecular formula is C18H23NO2. The molecule has 4 bridgehead atoms. The van der Waals surface area contributed by atoms with Crippen molar-refractivity contribution < 1.29 is 9.90 Å². The van der Waals surface area contributed by atoms with Crippen LogP contribution in [0.4, 0.5) is 5.69 Å². The largest absolute Gasteiger partial charge is 0.481 e. The number of aliphatic carboxylic acids is 1. The molecule has 0 radical (unpaired) electrons. The minimum Gasteiger partial charge on any atom is -0.481 e. The second-order valence-electron chi connectivity index (χ2n) is 7.59. The molecule has 0 aromatic heterocycles. The molecule has 4 saturated carbocycles. The Labute approximate surface area is 125 Å². The van der Waals surface area contributed by atoms with Gasteiger partial charge in [-0.3, -0.25) is 4.79 Å². The van der Waals surface area contributed by atoms with E-state index in [-0.39, 0.29) is 6.42 Å². The Morgan fingerprint density at radius 2 is 1.57 bits per heavy atom. The highest BCUT2D eigenvalue weighted by molar-refractivity contribution is 5.70. The van der Waals surface area contributed by atoms with Gasteiger partial charge in [-0.2, -0.15) is 0 Å². The third kappa shape index (κ3) is 2.54. The van der Waals surface area contributed by atoms with Crippen molar-refractivity contribution in [3.05, 3.63) is 29.8 Å². The van der Waals surface area contributed by atoms with Gasteiger partial charge in [0.25, 0.3) is 0 Å². The van der Waals surface area contributed by atoms with Gasteiger partial charge in [0.2, 0.25) is 0 Å². The first kappa shape index (κ1) is 13.2. The molecule has 1 aromatic carbocycles. The molecule has 0 spiro atoms. The van der Waals surface area contributed by atoms with E-state index in [1.807, 2.05) is 12.1 Å². The van der Waals surface area contributed by atoms with E-state index < -0.39 is 5.97 Å². The fraction of sp³-hybridized carbons (Fsp3) is 0.611. The Bertz CT molecular complexity index is 514. The molecule has 0 atom stereocenters. The van der Waals surface area contributed by atoms with Crippen LogP contribution in [0.25, 0.3) is 0 Å². The van der Waals surface area contributed by atoms with Crippen LogP contribution < -0.4 is 5.32 Å². The normalized spacial score (nSPS) is 36.7. The molecule has 5 rings (SSSR count). The van der Waals surface area contributed by atoms with Crippen molar-refractivity contribution in [1.29, 1.82) is 0 Å². The monoisotopic (exact) mass is 285 g/mol. The van der Waals surface area contributed by atoms with E-state index >= 15 is 0 Å². The average molecular weight is 285 g/mol. The van der Waals surface area contributed by atoms with E-state index in [2.05, 4.69) is 17.4 Å². The van der Waals surface area contributed by atoms with Crippen molar-refractivity contribution in [2.24, 2.45) is 17.8 Å². The van der Waals surface area contributed by atoms with Crippen molar-refractivity contribution in [3.63, 3.8) is 0 Å². The predicted octanol–water partition coefficient (Wildman–Crippen LogP) is 3.69. The Hall–Kier alpha value is -1.51. The first-order valence-corrected chi connectivity index (χ1v) is 8.19. The summed E-state index contributed by atoms with van der Waals surface area (Å²) in [6, 6.07) is 7.99. The maximum Gasteiger partial charge on any atom is 0.307 e. The van der Waals surface area contributed by atoms with E-state index in [9.17, 15) is 4.79 Å². The Kier molecular flexibility index (Phi) is 2.98. The molecule has 112 valence electrons. The fourth-order valence-electron chi connectivity index (χ4n) is 5.45. The summed E-state index contributed by atoms with van der Waals surface area (Å²) in [7, 11) is 0. The van der Waals surface area contributed by atoms with Gasteiger partial charge in [-0.25, -0.2) is 0 Å². The highest BCUT2D eigenvalue weighted by atomic mass is 16.4. The molecule has 4 aliphatic rings. The topological polar surface area (TPSA) is 49.3 Å². The first-order chi connectivity index (χ1) is 10.1. The van der Waals surface area contributed by atoms with Crippen molar-refractivity contribution in [1.82, 2.24) is 0 Å². The second-order valence-corrected chi connectivity index (χ2v) is 7.59. The Morgan fingerprint density at radius 1 is 1.05 bits per heavy atom. The number of carboxylic acids is 1. The minimum absolute atomic E-state index is 0.109. The zero-order chi connectivity index (χ0) is 14.4. The third-order valence-electron chi connectivity index (χ3n) is 5.76. The van der Waals surface area contributed by atoms with Gasteiger partial charge in [-0.15, -0.1) is 0 Å². The van der Waals surface area contributed by atoms with E-state index in [0.717, 1.165) is 29.0 Å². The van der Waals surface area contributed by atoms with Crippen LogP contribution in [-0.4, -0.2) is 16.6 Å². The average Bonchev–Trinajstić information content (AvgIpc) is 2.38. The van der Waals surface area contributed by atoms with E-state index in [0.29, 0.717) is 5.54 Å². The van der Waals surface area contributed by atoms with Gasteiger partial charge >= 0.3 is 5.97 Å². The number of hydrogen-bond acceptors (Lipinski definition) is 2. The summed E-state index contributed by atoms with van der Waals surface area (Å²) in [5.41, 5.74) is 2.35. The zero-order valence-electron chi connectivity index (χ0n) is 12.3. The van der Waals surface area contributed by atoms with Gasteiger partial charge in [0.1, 0.15) is 0 Å². The van der Waals surface area contributed by atoms with Gasteiger partial charge in [-0.05, 0) is 74.0 Å². The molecule has 1 aromatic rings. The van der Waals surface area contributed by atoms with Crippen molar-refractivity contribution in [2.75, 3.05) is 5.32 Å². The molecule has 0 unspecified atom stereocenters. The Balaban J connectivity index is 1.49. The number of nitrogens with one attached hydrogen (secondary N) is 1. The van der Waals surface area contributed by atoms with Crippen LogP contribution in [0.15, 0.2) is 24.3 Å². The predicted molar refractivity (Wildman–Crippen MR) is 82.3 cm³/mol. The smallest absolute Gasteiger partial charge is 0.307 e. The first-order valence-electron chi connectivity index (χ1n) is 8.19.